The van der Waals surface area contributed by atoms with Crippen LogP contribution in [-0.4, -0.2) is 36.1 Å². The van der Waals surface area contributed by atoms with Gasteiger partial charge in [0.15, 0.2) is 0 Å². The summed E-state index contributed by atoms with van der Waals surface area (Å²) in [6, 6.07) is -0.141. The Balaban J connectivity index is 2.20. The first-order chi connectivity index (χ1) is 9.02. The Hall–Kier alpha value is -1.10. The molecule has 0 aromatic heterocycles. The highest BCUT2D eigenvalue weighted by molar-refractivity contribution is 5.81. The van der Waals surface area contributed by atoms with Crippen LogP contribution in [0, 0.1) is 11.8 Å². The number of hydrogen-bond acceptors (Lipinski definition) is 3. The van der Waals surface area contributed by atoms with Gasteiger partial charge in [0.25, 0.3) is 0 Å². The summed E-state index contributed by atoms with van der Waals surface area (Å²) in [6.07, 6.45) is 4.49. The van der Waals surface area contributed by atoms with Gasteiger partial charge in [0.2, 0.25) is 11.8 Å². The fraction of sp³-hybridized carbons (Fsp3) is 0.857. The molecule has 5 nitrogen and oxygen atoms in total. The van der Waals surface area contributed by atoms with Crippen LogP contribution in [0.5, 0.6) is 0 Å². The van der Waals surface area contributed by atoms with E-state index in [4.69, 9.17) is 5.11 Å². The normalized spacial score (nSPS) is 18.9. The molecule has 0 bridgehead atoms. The van der Waals surface area contributed by atoms with Gasteiger partial charge in [-0.2, -0.15) is 0 Å². The largest absolute Gasteiger partial charge is 0.396 e. The van der Waals surface area contributed by atoms with E-state index in [0.29, 0.717) is 6.54 Å². The van der Waals surface area contributed by atoms with Crippen molar-refractivity contribution in [3.8, 4) is 0 Å². The molecular formula is C14H26N2O3. The molecule has 0 aliphatic heterocycles. The van der Waals surface area contributed by atoms with Crippen LogP contribution in [-0.2, 0) is 9.59 Å². The molecule has 1 fully saturated rings. The fourth-order valence-corrected chi connectivity index (χ4v) is 2.30. The first-order valence-corrected chi connectivity index (χ1v) is 7.20. The highest BCUT2D eigenvalue weighted by atomic mass is 16.3. The number of carbonyl (C=O) groups excluding carboxylic acids is 2. The Labute approximate surface area is 115 Å². The minimum atomic E-state index is -0.141. The smallest absolute Gasteiger partial charge is 0.223 e. The lowest BCUT2D eigenvalue weighted by Gasteiger charge is -2.17. The highest BCUT2D eigenvalue weighted by Gasteiger charge is 2.24. The van der Waals surface area contributed by atoms with Gasteiger partial charge < -0.3 is 15.7 Å². The van der Waals surface area contributed by atoms with E-state index in [2.05, 4.69) is 10.6 Å². The van der Waals surface area contributed by atoms with Crippen molar-refractivity contribution in [2.24, 2.45) is 11.8 Å². The molecule has 110 valence electrons. The molecule has 0 spiro atoms. The Kier molecular flexibility index (Phi) is 6.84. The van der Waals surface area contributed by atoms with E-state index in [1.165, 1.54) is 0 Å². The third kappa shape index (κ3) is 6.05. The summed E-state index contributed by atoms with van der Waals surface area (Å²) < 4.78 is 0. The van der Waals surface area contributed by atoms with Gasteiger partial charge in [0, 0.05) is 31.5 Å². The number of nitrogens with one attached hydrogen (secondary N) is 2. The summed E-state index contributed by atoms with van der Waals surface area (Å²) in [5, 5.41) is 14.5. The minimum absolute atomic E-state index is 0.0623. The molecule has 1 rings (SSSR count). The minimum Gasteiger partial charge on any atom is -0.396 e. The first-order valence-electron chi connectivity index (χ1n) is 7.20. The van der Waals surface area contributed by atoms with Crippen LogP contribution < -0.4 is 10.6 Å². The SMILES string of the molecule is CC(CO)CNC(=O)CC(C)NC(=O)C1CCCC1. The molecule has 1 saturated carbocycles. The average Bonchev–Trinajstić information content (AvgIpc) is 2.89. The lowest BCUT2D eigenvalue weighted by molar-refractivity contribution is -0.126. The van der Waals surface area contributed by atoms with Crippen LogP contribution in [0.3, 0.4) is 0 Å². The average molecular weight is 270 g/mol. The molecule has 1 aliphatic carbocycles. The number of hydrogen-bond donors (Lipinski definition) is 3. The molecule has 3 N–H and O–H groups in total. The second kappa shape index (κ2) is 8.15. The maximum absolute atomic E-state index is 11.9. The zero-order chi connectivity index (χ0) is 14.3. The predicted molar refractivity (Wildman–Crippen MR) is 73.4 cm³/mol. The molecular weight excluding hydrogens is 244 g/mol. The van der Waals surface area contributed by atoms with Crippen LogP contribution >= 0.6 is 0 Å². The van der Waals surface area contributed by atoms with Crippen molar-refractivity contribution in [3.63, 3.8) is 0 Å². The zero-order valence-corrected chi connectivity index (χ0v) is 11.9. The van der Waals surface area contributed by atoms with Crippen molar-refractivity contribution in [2.75, 3.05) is 13.2 Å². The molecule has 0 saturated heterocycles. The molecule has 5 heteroatoms. The summed E-state index contributed by atoms with van der Waals surface area (Å²) in [5.41, 5.74) is 0. The molecule has 0 heterocycles. The molecule has 2 unspecified atom stereocenters. The maximum atomic E-state index is 11.9. The molecule has 1 aliphatic rings. The topological polar surface area (TPSA) is 78.4 Å². The van der Waals surface area contributed by atoms with Crippen LogP contribution in [0.1, 0.15) is 46.0 Å². The third-order valence-electron chi connectivity index (χ3n) is 3.57. The van der Waals surface area contributed by atoms with E-state index in [1.54, 1.807) is 0 Å². The number of rotatable bonds is 7. The summed E-state index contributed by atoms with van der Waals surface area (Å²) in [7, 11) is 0. The van der Waals surface area contributed by atoms with Gasteiger partial charge in [-0.05, 0) is 25.7 Å². The molecule has 19 heavy (non-hydrogen) atoms. The molecule has 0 aromatic carbocycles. The Bertz CT molecular complexity index is 301. The molecule has 2 atom stereocenters. The van der Waals surface area contributed by atoms with Gasteiger partial charge in [0.05, 0.1) is 0 Å². The van der Waals surface area contributed by atoms with Crippen molar-refractivity contribution < 1.29 is 14.7 Å². The van der Waals surface area contributed by atoms with E-state index in [-0.39, 0.29) is 42.7 Å². The summed E-state index contributed by atoms with van der Waals surface area (Å²) in [5.74, 6) is 0.202. The summed E-state index contributed by atoms with van der Waals surface area (Å²) in [6.45, 7) is 4.25. The van der Waals surface area contributed by atoms with E-state index in [0.717, 1.165) is 25.7 Å². The Morgan fingerprint density at radius 3 is 2.47 bits per heavy atom. The number of aliphatic hydroxyl groups excluding tert-OH is 1. The van der Waals surface area contributed by atoms with Crippen molar-refractivity contribution in [1.29, 1.82) is 0 Å². The predicted octanol–water partition coefficient (Wildman–Crippen LogP) is 0.816. The van der Waals surface area contributed by atoms with Gasteiger partial charge in [-0.1, -0.05) is 19.8 Å². The van der Waals surface area contributed by atoms with Crippen LogP contribution in [0.25, 0.3) is 0 Å². The van der Waals surface area contributed by atoms with Crippen LogP contribution in [0.15, 0.2) is 0 Å². The van der Waals surface area contributed by atoms with Crippen LogP contribution in [0.2, 0.25) is 0 Å². The van der Waals surface area contributed by atoms with Gasteiger partial charge in [-0.25, -0.2) is 0 Å². The Morgan fingerprint density at radius 1 is 1.26 bits per heavy atom. The van der Waals surface area contributed by atoms with Gasteiger partial charge in [0.1, 0.15) is 0 Å². The maximum Gasteiger partial charge on any atom is 0.223 e. The lowest BCUT2D eigenvalue weighted by Crippen LogP contribution is -2.40. The van der Waals surface area contributed by atoms with Crippen molar-refractivity contribution >= 4 is 11.8 Å². The summed E-state index contributed by atoms with van der Waals surface area (Å²) >= 11 is 0. The molecule has 0 aromatic rings. The number of amides is 2. The van der Waals surface area contributed by atoms with Crippen molar-refractivity contribution in [1.82, 2.24) is 10.6 Å². The number of aliphatic hydroxyl groups is 1. The fourth-order valence-electron chi connectivity index (χ4n) is 2.30. The summed E-state index contributed by atoms with van der Waals surface area (Å²) in [4.78, 5) is 23.5. The zero-order valence-electron chi connectivity index (χ0n) is 11.9. The van der Waals surface area contributed by atoms with E-state index in [9.17, 15) is 9.59 Å². The van der Waals surface area contributed by atoms with Crippen LogP contribution in [0.4, 0.5) is 0 Å². The standard InChI is InChI=1S/C14H26N2O3/c1-10(9-17)8-15-13(18)7-11(2)16-14(19)12-5-3-4-6-12/h10-12,17H,3-9H2,1-2H3,(H,15,18)(H,16,19). The van der Waals surface area contributed by atoms with E-state index in [1.807, 2.05) is 13.8 Å². The second-order valence-corrected chi connectivity index (χ2v) is 5.69. The van der Waals surface area contributed by atoms with Gasteiger partial charge in [-0.3, -0.25) is 9.59 Å². The Morgan fingerprint density at radius 2 is 1.89 bits per heavy atom. The molecule has 2 amide bonds. The van der Waals surface area contributed by atoms with Gasteiger partial charge in [-0.15, -0.1) is 0 Å². The first kappa shape index (κ1) is 16.0. The van der Waals surface area contributed by atoms with Crippen molar-refractivity contribution in [2.45, 2.75) is 52.0 Å². The third-order valence-corrected chi connectivity index (χ3v) is 3.57. The molecule has 0 radical (unpaired) electrons. The van der Waals surface area contributed by atoms with Crippen molar-refractivity contribution in [3.05, 3.63) is 0 Å². The monoisotopic (exact) mass is 270 g/mol. The van der Waals surface area contributed by atoms with Gasteiger partial charge >= 0.3 is 0 Å². The van der Waals surface area contributed by atoms with E-state index >= 15 is 0 Å². The lowest BCUT2D eigenvalue weighted by atomic mass is 10.1. The second-order valence-electron chi connectivity index (χ2n) is 5.69. The highest BCUT2D eigenvalue weighted by Crippen LogP contribution is 2.24. The quantitative estimate of drug-likeness (QED) is 0.641. The number of carbonyl (C=O) groups is 2. The van der Waals surface area contributed by atoms with E-state index < -0.39 is 0 Å².